The molecule has 0 amide bonds. The maximum atomic E-state index is 12.4. The van der Waals surface area contributed by atoms with Gasteiger partial charge in [0, 0.05) is 23.2 Å². The third kappa shape index (κ3) is 4.12. The van der Waals surface area contributed by atoms with Crippen molar-refractivity contribution in [3.05, 3.63) is 70.4 Å². The van der Waals surface area contributed by atoms with E-state index in [-0.39, 0.29) is 13.2 Å². The minimum absolute atomic E-state index is 0.0266. The average molecular weight is 371 g/mol. The third-order valence-electron chi connectivity index (χ3n) is 3.93. The van der Waals surface area contributed by atoms with Gasteiger partial charge in [0.1, 0.15) is 11.8 Å². The van der Waals surface area contributed by atoms with Gasteiger partial charge >= 0.3 is 5.97 Å². The highest BCUT2D eigenvalue weighted by Gasteiger charge is 2.14. The van der Waals surface area contributed by atoms with Crippen LogP contribution in [0, 0.1) is 6.92 Å². The molecule has 0 unspecified atom stereocenters. The molecule has 6 heteroatoms. The zero-order valence-corrected chi connectivity index (χ0v) is 15.1. The van der Waals surface area contributed by atoms with Crippen LogP contribution in [0.2, 0.25) is 5.15 Å². The number of nitrogens with zero attached hydrogens (tertiary/aromatic N) is 1. The van der Waals surface area contributed by atoms with E-state index in [0.717, 1.165) is 16.5 Å². The number of hydrogen-bond donors (Lipinski definition) is 2. The van der Waals surface area contributed by atoms with Crippen LogP contribution in [0.25, 0.3) is 10.9 Å². The van der Waals surface area contributed by atoms with Gasteiger partial charge in [-0.05, 0) is 36.8 Å². The number of aliphatic hydroxyl groups is 1. The Kier molecular flexibility index (Phi) is 5.71. The van der Waals surface area contributed by atoms with E-state index >= 15 is 0 Å². The van der Waals surface area contributed by atoms with Gasteiger partial charge in [-0.15, -0.1) is 0 Å². The Balaban J connectivity index is 1.77. The quantitative estimate of drug-likeness (QED) is 0.507. The number of aromatic nitrogens is 1. The van der Waals surface area contributed by atoms with Crippen molar-refractivity contribution in [2.24, 2.45) is 0 Å². The molecule has 0 saturated heterocycles. The summed E-state index contributed by atoms with van der Waals surface area (Å²) in [6, 6.07) is 14.8. The first-order valence-corrected chi connectivity index (χ1v) is 8.63. The van der Waals surface area contributed by atoms with Gasteiger partial charge in [0.25, 0.3) is 0 Å². The number of nitrogens with one attached hydrogen (secondary N) is 1. The fourth-order valence-electron chi connectivity index (χ4n) is 2.63. The topological polar surface area (TPSA) is 71.5 Å². The number of carbonyl (C=O) groups is 1. The summed E-state index contributed by atoms with van der Waals surface area (Å²) < 4.78 is 5.42. The highest BCUT2D eigenvalue weighted by Crippen LogP contribution is 2.23. The van der Waals surface area contributed by atoms with E-state index in [9.17, 15) is 4.79 Å². The molecule has 0 aliphatic rings. The van der Waals surface area contributed by atoms with Crippen molar-refractivity contribution in [1.82, 2.24) is 4.98 Å². The van der Waals surface area contributed by atoms with Gasteiger partial charge < -0.3 is 15.2 Å². The summed E-state index contributed by atoms with van der Waals surface area (Å²) in [7, 11) is 0. The molecule has 0 aliphatic carbocycles. The predicted molar refractivity (Wildman–Crippen MR) is 103 cm³/mol. The van der Waals surface area contributed by atoms with Crippen LogP contribution in [0.15, 0.2) is 48.5 Å². The van der Waals surface area contributed by atoms with Gasteiger partial charge in [-0.25, -0.2) is 9.78 Å². The van der Waals surface area contributed by atoms with E-state index in [1.165, 1.54) is 0 Å². The number of halogens is 1. The molecular formula is C20H19ClN2O3. The van der Waals surface area contributed by atoms with Crippen molar-refractivity contribution < 1.29 is 14.6 Å². The zero-order chi connectivity index (χ0) is 18.5. The molecule has 0 fully saturated rings. The van der Waals surface area contributed by atoms with Gasteiger partial charge in [-0.1, -0.05) is 35.9 Å². The van der Waals surface area contributed by atoms with Crippen molar-refractivity contribution in [2.45, 2.75) is 13.5 Å². The number of ether oxygens (including phenoxy) is 1. The fraction of sp³-hybridized carbons (Fsp3) is 0.200. The molecule has 0 radical (unpaired) electrons. The van der Waals surface area contributed by atoms with Crippen LogP contribution in [0.5, 0.6) is 0 Å². The van der Waals surface area contributed by atoms with Gasteiger partial charge in [-0.2, -0.15) is 0 Å². The van der Waals surface area contributed by atoms with Crippen molar-refractivity contribution in [1.29, 1.82) is 0 Å². The number of hydrogen-bond acceptors (Lipinski definition) is 5. The standard InChI is InChI=1S/C20H19ClN2O3/c1-13-6-7-14-11-15(19(21)23-18(14)10-13)12-26-20(25)16-4-2-3-5-17(16)22-8-9-24/h2-7,10-11,22,24H,8-9,12H2,1H3. The van der Waals surface area contributed by atoms with Crippen molar-refractivity contribution in [2.75, 3.05) is 18.5 Å². The number of aryl methyl sites for hydroxylation is 1. The van der Waals surface area contributed by atoms with Crippen LogP contribution in [0.1, 0.15) is 21.5 Å². The van der Waals surface area contributed by atoms with Crippen LogP contribution in [-0.4, -0.2) is 29.2 Å². The largest absolute Gasteiger partial charge is 0.457 e. The molecule has 26 heavy (non-hydrogen) atoms. The first-order chi connectivity index (χ1) is 12.6. The molecule has 0 bridgehead atoms. The van der Waals surface area contributed by atoms with Gasteiger partial charge in [0.05, 0.1) is 17.7 Å². The zero-order valence-electron chi connectivity index (χ0n) is 14.3. The van der Waals surface area contributed by atoms with E-state index < -0.39 is 5.97 Å². The van der Waals surface area contributed by atoms with Crippen molar-refractivity contribution >= 4 is 34.2 Å². The Morgan fingerprint density at radius 2 is 2.04 bits per heavy atom. The summed E-state index contributed by atoms with van der Waals surface area (Å²) in [6.07, 6.45) is 0. The van der Waals surface area contributed by atoms with E-state index in [0.29, 0.717) is 28.5 Å². The molecule has 1 heterocycles. The molecule has 134 valence electrons. The Bertz CT molecular complexity index is 943. The normalized spacial score (nSPS) is 10.7. The summed E-state index contributed by atoms with van der Waals surface area (Å²) >= 11 is 6.24. The van der Waals surface area contributed by atoms with E-state index in [1.807, 2.05) is 37.3 Å². The van der Waals surface area contributed by atoms with Crippen molar-refractivity contribution in [3.8, 4) is 0 Å². The number of fused-ring (bicyclic) bond motifs is 1. The molecule has 0 aliphatic heterocycles. The number of para-hydroxylation sites is 1. The summed E-state index contributed by atoms with van der Waals surface area (Å²) in [4.78, 5) is 16.8. The monoisotopic (exact) mass is 370 g/mol. The van der Waals surface area contributed by atoms with E-state index in [2.05, 4.69) is 10.3 Å². The number of benzene rings is 2. The smallest absolute Gasteiger partial charge is 0.340 e. The van der Waals surface area contributed by atoms with Gasteiger partial charge in [0.15, 0.2) is 0 Å². The molecule has 5 nitrogen and oxygen atoms in total. The summed E-state index contributed by atoms with van der Waals surface area (Å²) in [6.45, 7) is 2.35. The fourth-order valence-corrected chi connectivity index (χ4v) is 2.83. The SMILES string of the molecule is Cc1ccc2cc(COC(=O)c3ccccc3NCCO)c(Cl)nc2c1. The Hall–Kier alpha value is -2.63. The molecule has 0 saturated carbocycles. The lowest BCUT2D eigenvalue weighted by Crippen LogP contribution is -2.12. The first kappa shape index (κ1) is 18.2. The molecule has 2 N–H and O–H groups in total. The Morgan fingerprint density at radius 1 is 1.23 bits per heavy atom. The summed E-state index contributed by atoms with van der Waals surface area (Å²) in [5, 5.41) is 13.2. The van der Waals surface area contributed by atoms with Crippen LogP contribution in [0.4, 0.5) is 5.69 Å². The number of esters is 1. The van der Waals surface area contributed by atoms with Crippen LogP contribution in [0.3, 0.4) is 0 Å². The molecule has 0 atom stereocenters. The number of rotatable bonds is 6. The Morgan fingerprint density at radius 3 is 2.85 bits per heavy atom. The highest BCUT2D eigenvalue weighted by atomic mass is 35.5. The van der Waals surface area contributed by atoms with Crippen LogP contribution < -0.4 is 5.32 Å². The minimum Gasteiger partial charge on any atom is -0.457 e. The predicted octanol–water partition coefficient (Wildman–Crippen LogP) is 3.96. The van der Waals surface area contributed by atoms with Gasteiger partial charge in [-0.3, -0.25) is 0 Å². The minimum atomic E-state index is -0.467. The highest BCUT2D eigenvalue weighted by molar-refractivity contribution is 6.30. The van der Waals surface area contributed by atoms with Crippen LogP contribution in [-0.2, 0) is 11.3 Å². The molecule has 3 aromatic rings. The van der Waals surface area contributed by atoms with Gasteiger partial charge in [0.2, 0.25) is 0 Å². The molecule has 3 rings (SSSR count). The van der Waals surface area contributed by atoms with E-state index in [1.54, 1.807) is 18.2 Å². The van der Waals surface area contributed by atoms with Crippen molar-refractivity contribution in [3.63, 3.8) is 0 Å². The summed E-state index contributed by atoms with van der Waals surface area (Å²) in [5.41, 5.74) is 3.58. The summed E-state index contributed by atoms with van der Waals surface area (Å²) in [5.74, 6) is -0.467. The first-order valence-electron chi connectivity index (χ1n) is 8.25. The second-order valence-electron chi connectivity index (χ2n) is 5.91. The lowest BCUT2D eigenvalue weighted by molar-refractivity contribution is 0.0474. The van der Waals surface area contributed by atoms with Crippen LogP contribution >= 0.6 is 11.6 Å². The molecule has 1 aromatic heterocycles. The third-order valence-corrected chi connectivity index (χ3v) is 4.26. The molecular weight excluding hydrogens is 352 g/mol. The van der Waals surface area contributed by atoms with E-state index in [4.69, 9.17) is 21.4 Å². The number of pyridine rings is 1. The Labute approximate surface area is 156 Å². The number of carbonyl (C=O) groups excluding carboxylic acids is 1. The number of aliphatic hydroxyl groups excluding tert-OH is 1. The lowest BCUT2D eigenvalue weighted by Gasteiger charge is -2.12. The molecule has 0 spiro atoms. The average Bonchev–Trinajstić information content (AvgIpc) is 2.64. The molecule has 2 aromatic carbocycles. The lowest BCUT2D eigenvalue weighted by atomic mass is 10.1. The second kappa shape index (κ2) is 8.17. The number of anilines is 1. The second-order valence-corrected chi connectivity index (χ2v) is 6.26. The maximum absolute atomic E-state index is 12.4. The maximum Gasteiger partial charge on any atom is 0.340 e.